The zero-order chi connectivity index (χ0) is 18.7. The number of nitrogens with zero attached hydrogens (tertiary/aromatic N) is 4. The summed E-state index contributed by atoms with van der Waals surface area (Å²) in [7, 11) is 0. The molecule has 1 aliphatic heterocycles. The Bertz CT molecular complexity index is 808. The van der Waals surface area contributed by atoms with Crippen LogP contribution in [-0.2, 0) is 4.79 Å². The van der Waals surface area contributed by atoms with E-state index in [2.05, 4.69) is 20.2 Å². The van der Waals surface area contributed by atoms with Crippen molar-refractivity contribution in [1.29, 1.82) is 0 Å². The first-order chi connectivity index (χ1) is 12.5. The Morgan fingerprint density at radius 1 is 1.08 bits per heavy atom. The van der Waals surface area contributed by atoms with Crippen LogP contribution in [0.1, 0.15) is 27.4 Å². The SMILES string of the molecule is Cc1nc(C(=O)Nc2c(C)cccc2C)cc(N2CCN(C=O)CC2)n1. The van der Waals surface area contributed by atoms with E-state index < -0.39 is 0 Å². The zero-order valence-corrected chi connectivity index (χ0v) is 15.3. The molecule has 1 aromatic heterocycles. The average Bonchev–Trinajstić information content (AvgIpc) is 2.64. The molecule has 7 nitrogen and oxygen atoms in total. The van der Waals surface area contributed by atoms with E-state index in [0.29, 0.717) is 37.7 Å². The molecule has 0 bridgehead atoms. The van der Waals surface area contributed by atoms with Crippen LogP contribution in [0.3, 0.4) is 0 Å². The van der Waals surface area contributed by atoms with Crippen molar-refractivity contribution in [2.75, 3.05) is 36.4 Å². The van der Waals surface area contributed by atoms with Crippen molar-refractivity contribution in [2.24, 2.45) is 0 Å². The van der Waals surface area contributed by atoms with Crippen molar-refractivity contribution in [3.8, 4) is 0 Å². The standard InChI is InChI=1S/C19H23N5O2/c1-13-5-4-6-14(2)18(13)22-19(26)16-11-17(21-15(3)20-16)24-9-7-23(12-25)8-10-24/h4-6,11-12H,7-10H2,1-3H3,(H,22,26). The van der Waals surface area contributed by atoms with Gasteiger partial charge in [-0.05, 0) is 31.9 Å². The van der Waals surface area contributed by atoms with Crippen LogP contribution in [0.15, 0.2) is 24.3 Å². The fourth-order valence-corrected chi connectivity index (χ4v) is 3.08. The Labute approximate surface area is 153 Å². The summed E-state index contributed by atoms with van der Waals surface area (Å²) in [6.07, 6.45) is 0.867. The molecule has 2 heterocycles. The predicted octanol–water partition coefficient (Wildman–Crippen LogP) is 1.93. The highest BCUT2D eigenvalue weighted by Crippen LogP contribution is 2.21. The first-order valence-corrected chi connectivity index (χ1v) is 8.65. The van der Waals surface area contributed by atoms with Crippen LogP contribution in [0.4, 0.5) is 11.5 Å². The minimum Gasteiger partial charge on any atom is -0.353 e. The summed E-state index contributed by atoms with van der Waals surface area (Å²) in [5, 5.41) is 2.97. The lowest BCUT2D eigenvalue weighted by Gasteiger charge is -2.33. The zero-order valence-electron chi connectivity index (χ0n) is 15.3. The van der Waals surface area contributed by atoms with Crippen molar-refractivity contribution >= 4 is 23.8 Å². The number of rotatable bonds is 4. The van der Waals surface area contributed by atoms with E-state index in [1.165, 1.54) is 0 Å². The van der Waals surface area contributed by atoms with Crippen molar-refractivity contribution in [1.82, 2.24) is 14.9 Å². The van der Waals surface area contributed by atoms with Gasteiger partial charge in [-0.15, -0.1) is 0 Å². The maximum atomic E-state index is 12.7. The minimum absolute atomic E-state index is 0.249. The fourth-order valence-electron chi connectivity index (χ4n) is 3.08. The van der Waals surface area contributed by atoms with Crippen LogP contribution < -0.4 is 10.2 Å². The number of carbonyl (C=O) groups excluding carboxylic acids is 2. The number of aromatic nitrogens is 2. The number of carbonyl (C=O) groups is 2. The molecule has 0 aliphatic carbocycles. The van der Waals surface area contributed by atoms with Crippen molar-refractivity contribution in [3.63, 3.8) is 0 Å². The second kappa shape index (κ2) is 7.51. The molecule has 1 aliphatic rings. The number of nitrogens with one attached hydrogen (secondary N) is 1. The largest absolute Gasteiger partial charge is 0.353 e. The van der Waals surface area contributed by atoms with Crippen LogP contribution in [-0.4, -0.2) is 53.4 Å². The summed E-state index contributed by atoms with van der Waals surface area (Å²) in [5.41, 5.74) is 3.17. The van der Waals surface area contributed by atoms with Gasteiger partial charge in [-0.3, -0.25) is 9.59 Å². The van der Waals surface area contributed by atoms with Gasteiger partial charge in [0.1, 0.15) is 17.3 Å². The number of hydrogen-bond donors (Lipinski definition) is 1. The van der Waals surface area contributed by atoms with Gasteiger partial charge in [0, 0.05) is 37.9 Å². The average molecular weight is 353 g/mol. The Hall–Kier alpha value is -2.96. The van der Waals surface area contributed by atoms with Crippen LogP contribution in [0.5, 0.6) is 0 Å². The lowest BCUT2D eigenvalue weighted by molar-refractivity contribution is -0.118. The third-order valence-corrected chi connectivity index (χ3v) is 4.56. The van der Waals surface area contributed by atoms with Crippen LogP contribution >= 0.6 is 0 Å². The highest BCUT2D eigenvalue weighted by atomic mass is 16.2. The molecule has 1 saturated heterocycles. The van der Waals surface area contributed by atoms with Crippen molar-refractivity contribution in [3.05, 3.63) is 46.9 Å². The number of piperazine rings is 1. The molecule has 0 unspecified atom stereocenters. The molecule has 1 fully saturated rings. The molecule has 0 atom stereocenters. The van der Waals surface area contributed by atoms with Gasteiger partial charge in [-0.2, -0.15) is 0 Å². The molecular formula is C19H23N5O2. The maximum Gasteiger partial charge on any atom is 0.274 e. The molecule has 3 rings (SSSR count). The highest BCUT2D eigenvalue weighted by molar-refractivity contribution is 6.04. The summed E-state index contributed by atoms with van der Waals surface area (Å²) < 4.78 is 0. The molecule has 2 amide bonds. The lowest BCUT2D eigenvalue weighted by atomic mass is 10.1. The molecule has 26 heavy (non-hydrogen) atoms. The third-order valence-electron chi connectivity index (χ3n) is 4.56. The summed E-state index contributed by atoms with van der Waals surface area (Å²) in [6.45, 7) is 8.38. The molecule has 1 N–H and O–H groups in total. The number of aryl methyl sites for hydroxylation is 3. The van der Waals surface area contributed by atoms with E-state index in [1.807, 2.05) is 32.0 Å². The maximum absolute atomic E-state index is 12.7. The van der Waals surface area contributed by atoms with Crippen LogP contribution in [0.25, 0.3) is 0 Å². The Morgan fingerprint density at radius 3 is 2.35 bits per heavy atom. The van der Waals surface area contributed by atoms with Gasteiger partial charge in [0.25, 0.3) is 5.91 Å². The van der Waals surface area contributed by atoms with E-state index in [1.54, 1.807) is 17.9 Å². The third kappa shape index (κ3) is 3.82. The number of anilines is 2. The van der Waals surface area contributed by atoms with E-state index >= 15 is 0 Å². The first kappa shape index (κ1) is 17.8. The highest BCUT2D eigenvalue weighted by Gasteiger charge is 2.20. The van der Waals surface area contributed by atoms with E-state index in [0.717, 1.165) is 29.0 Å². The van der Waals surface area contributed by atoms with Crippen LogP contribution in [0.2, 0.25) is 0 Å². The normalized spacial score (nSPS) is 14.3. The second-order valence-electron chi connectivity index (χ2n) is 6.51. The fraction of sp³-hybridized carbons (Fsp3) is 0.368. The minimum atomic E-state index is -0.249. The van der Waals surface area contributed by atoms with Crippen molar-refractivity contribution in [2.45, 2.75) is 20.8 Å². The molecule has 0 saturated carbocycles. The van der Waals surface area contributed by atoms with E-state index in [4.69, 9.17) is 0 Å². The lowest BCUT2D eigenvalue weighted by Crippen LogP contribution is -2.46. The summed E-state index contributed by atoms with van der Waals surface area (Å²) >= 11 is 0. The predicted molar refractivity (Wildman–Crippen MR) is 100 cm³/mol. The monoisotopic (exact) mass is 353 g/mol. The Kier molecular flexibility index (Phi) is 5.16. The second-order valence-corrected chi connectivity index (χ2v) is 6.51. The van der Waals surface area contributed by atoms with Gasteiger partial charge in [0.15, 0.2) is 0 Å². The van der Waals surface area contributed by atoms with Gasteiger partial charge >= 0.3 is 0 Å². The number of amides is 2. The van der Waals surface area contributed by atoms with Gasteiger partial charge in [-0.25, -0.2) is 9.97 Å². The van der Waals surface area contributed by atoms with Gasteiger partial charge in [-0.1, -0.05) is 18.2 Å². The number of para-hydroxylation sites is 1. The molecule has 2 aromatic rings. The number of hydrogen-bond acceptors (Lipinski definition) is 5. The number of benzene rings is 1. The van der Waals surface area contributed by atoms with Gasteiger partial charge < -0.3 is 15.1 Å². The first-order valence-electron chi connectivity index (χ1n) is 8.65. The van der Waals surface area contributed by atoms with Crippen LogP contribution in [0, 0.1) is 20.8 Å². The van der Waals surface area contributed by atoms with Gasteiger partial charge in [0.05, 0.1) is 0 Å². The molecule has 136 valence electrons. The molecular weight excluding hydrogens is 330 g/mol. The summed E-state index contributed by atoms with van der Waals surface area (Å²) in [5.74, 6) is 1.02. The molecule has 1 aromatic carbocycles. The smallest absolute Gasteiger partial charge is 0.274 e. The molecule has 7 heteroatoms. The van der Waals surface area contributed by atoms with Gasteiger partial charge in [0.2, 0.25) is 6.41 Å². The van der Waals surface area contributed by atoms with E-state index in [9.17, 15) is 9.59 Å². The molecule has 0 radical (unpaired) electrons. The summed E-state index contributed by atoms with van der Waals surface area (Å²) in [4.78, 5) is 36.2. The van der Waals surface area contributed by atoms with E-state index in [-0.39, 0.29) is 5.91 Å². The Morgan fingerprint density at radius 2 is 1.73 bits per heavy atom. The molecule has 0 spiro atoms. The topological polar surface area (TPSA) is 78.4 Å². The van der Waals surface area contributed by atoms with Crippen molar-refractivity contribution < 1.29 is 9.59 Å². The Balaban J connectivity index is 1.81. The summed E-state index contributed by atoms with van der Waals surface area (Å²) in [6, 6.07) is 7.61. The quantitative estimate of drug-likeness (QED) is 0.850.